The van der Waals surface area contributed by atoms with Crippen molar-refractivity contribution >= 4 is 11.9 Å². The van der Waals surface area contributed by atoms with E-state index in [1.54, 1.807) is 0 Å². The monoisotopic (exact) mass is 338 g/mol. The molecule has 0 aromatic heterocycles. The zero-order chi connectivity index (χ0) is 18.2. The van der Waals surface area contributed by atoms with Crippen LogP contribution in [0.25, 0.3) is 0 Å². The van der Waals surface area contributed by atoms with Gasteiger partial charge < -0.3 is 40.1 Å². The lowest BCUT2D eigenvalue weighted by Crippen LogP contribution is -2.49. The van der Waals surface area contributed by atoms with E-state index < -0.39 is 62.3 Å². The largest absolute Gasteiger partial charge is 0.461 e. The zero-order valence-corrected chi connectivity index (χ0v) is 12.5. The minimum absolute atomic E-state index is 0.115. The summed E-state index contributed by atoms with van der Waals surface area (Å²) in [5.41, 5.74) is 0.115. The molecule has 0 aliphatic heterocycles. The Hall–Kier alpha value is -1.56. The average Bonchev–Trinajstić information content (AvgIpc) is 2.54. The molecule has 0 radical (unpaired) electrons. The third-order valence-corrected chi connectivity index (χ3v) is 2.67. The van der Waals surface area contributed by atoms with E-state index in [1.165, 1.54) is 6.92 Å². The summed E-state index contributed by atoms with van der Waals surface area (Å²) in [6.45, 7) is 2.70. The van der Waals surface area contributed by atoms with E-state index in [2.05, 4.69) is 16.1 Å². The predicted octanol–water partition coefficient (Wildman–Crippen LogP) is -3.55. The molecule has 0 heterocycles. The molecule has 0 aliphatic rings. The Morgan fingerprint density at radius 1 is 1.00 bits per heavy atom. The molecule has 134 valence electrons. The van der Waals surface area contributed by atoms with Crippen molar-refractivity contribution in [1.82, 2.24) is 0 Å². The summed E-state index contributed by atoms with van der Waals surface area (Å²) in [5, 5.41) is 55.4. The summed E-state index contributed by atoms with van der Waals surface area (Å²) in [6.07, 6.45) is -9.44. The quantitative estimate of drug-likeness (QED) is 0.173. The van der Waals surface area contributed by atoms with Crippen LogP contribution in [0.4, 0.5) is 0 Å². The van der Waals surface area contributed by atoms with Gasteiger partial charge in [0, 0.05) is 5.57 Å². The molecule has 0 spiro atoms. The van der Waals surface area contributed by atoms with Gasteiger partial charge in [-0.3, -0.25) is 0 Å². The second-order valence-corrected chi connectivity index (χ2v) is 4.84. The van der Waals surface area contributed by atoms with Crippen molar-refractivity contribution in [3.8, 4) is 0 Å². The predicted molar refractivity (Wildman–Crippen MR) is 73.9 cm³/mol. The highest BCUT2D eigenvalue weighted by Crippen LogP contribution is 2.07. The fourth-order valence-electron chi connectivity index (χ4n) is 1.27. The lowest BCUT2D eigenvalue weighted by Gasteiger charge is -2.24. The van der Waals surface area contributed by atoms with E-state index in [-0.39, 0.29) is 5.57 Å². The van der Waals surface area contributed by atoms with Crippen LogP contribution < -0.4 is 0 Å². The van der Waals surface area contributed by atoms with Gasteiger partial charge in [0.15, 0.2) is 6.10 Å². The van der Waals surface area contributed by atoms with Crippen LogP contribution in [0.5, 0.6) is 0 Å². The molecule has 6 N–H and O–H groups in total. The number of aliphatic hydroxyl groups is 6. The smallest absolute Gasteiger partial charge is 0.337 e. The first-order chi connectivity index (χ1) is 10.6. The zero-order valence-electron chi connectivity index (χ0n) is 12.5. The molecule has 0 aliphatic carbocycles. The van der Waals surface area contributed by atoms with E-state index in [9.17, 15) is 30.0 Å². The average molecular weight is 338 g/mol. The third kappa shape index (κ3) is 7.50. The molecule has 0 rings (SSSR count). The maximum Gasteiger partial charge on any atom is 0.337 e. The van der Waals surface area contributed by atoms with E-state index in [1.807, 2.05) is 0 Å². The Kier molecular flexibility index (Phi) is 9.56. The summed E-state index contributed by atoms with van der Waals surface area (Å²) < 4.78 is 9.07. The first-order valence-corrected chi connectivity index (χ1v) is 6.62. The number of carbonyl (C=O) groups is 2. The molecule has 0 aromatic carbocycles. The molecule has 0 aromatic rings. The number of hydrogen-bond acceptors (Lipinski definition) is 10. The van der Waals surface area contributed by atoms with Crippen LogP contribution >= 0.6 is 0 Å². The Balaban J connectivity index is 4.27. The van der Waals surface area contributed by atoms with Gasteiger partial charge in [-0.2, -0.15) is 0 Å². The van der Waals surface area contributed by atoms with Gasteiger partial charge in [0.05, 0.1) is 6.61 Å². The number of hydrogen-bond donors (Lipinski definition) is 6. The van der Waals surface area contributed by atoms with Gasteiger partial charge in [0.25, 0.3) is 0 Å². The van der Waals surface area contributed by atoms with E-state index >= 15 is 0 Å². The first-order valence-electron chi connectivity index (χ1n) is 6.62. The Bertz CT molecular complexity index is 410. The first kappa shape index (κ1) is 21.4. The maximum atomic E-state index is 11.4. The van der Waals surface area contributed by atoms with E-state index in [0.717, 1.165) is 0 Å². The Morgan fingerprint density at radius 2 is 1.52 bits per heavy atom. The molecule has 0 amide bonds. The molecular formula is C13H22O10. The number of carbonyl (C=O) groups excluding carboxylic acids is 2. The van der Waals surface area contributed by atoms with Gasteiger partial charge in [-0.05, 0) is 6.92 Å². The number of esters is 2. The molecular weight excluding hydrogens is 316 g/mol. The molecule has 5 atom stereocenters. The van der Waals surface area contributed by atoms with Crippen molar-refractivity contribution in [3.63, 3.8) is 0 Å². The standard InChI is InChI=1S/C13H22O10/c1-6(2)12(20)22-4-7(15)5-23-13(21)11(19)10(18)9(17)8(16)3-14/h7-11,14-19H,1,3-5H2,2H3. The molecule has 23 heavy (non-hydrogen) atoms. The fraction of sp³-hybridized carbons (Fsp3) is 0.692. The van der Waals surface area contributed by atoms with Crippen LogP contribution in [0.1, 0.15) is 6.92 Å². The van der Waals surface area contributed by atoms with Crippen molar-refractivity contribution in [3.05, 3.63) is 12.2 Å². The van der Waals surface area contributed by atoms with Crippen LogP contribution in [0.2, 0.25) is 0 Å². The molecule has 5 unspecified atom stereocenters. The highest BCUT2D eigenvalue weighted by molar-refractivity contribution is 5.86. The van der Waals surface area contributed by atoms with Crippen LogP contribution in [0.3, 0.4) is 0 Å². The van der Waals surface area contributed by atoms with Crippen molar-refractivity contribution in [2.45, 2.75) is 37.4 Å². The molecule has 10 heteroatoms. The minimum atomic E-state index is -2.21. The summed E-state index contributed by atoms with van der Waals surface area (Å²) in [4.78, 5) is 22.5. The number of aliphatic hydroxyl groups excluding tert-OH is 6. The summed E-state index contributed by atoms with van der Waals surface area (Å²) in [6, 6.07) is 0. The second-order valence-electron chi connectivity index (χ2n) is 4.84. The normalized spacial score (nSPS) is 17.5. The van der Waals surface area contributed by atoms with Crippen LogP contribution in [0, 0.1) is 0 Å². The number of rotatable bonds is 10. The molecule has 0 bridgehead atoms. The summed E-state index contributed by atoms with van der Waals surface area (Å²) >= 11 is 0. The van der Waals surface area contributed by atoms with Gasteiger partial charge in [-0.25, -0.2) is 9.59 Å². The molecule has 0 saturated carbocycles. The van der Waals surface area contributed by atoms with Gasteiger partial charge in [-0.1, -0.05) is 6.58 Å². The van der Waals surface area contributed by atoms with Crippen LogP contribution in [0.15, 0.2) is 12.2 Å². The van der Waals surface area contributed by atoms with Gasteiger partial charge in [-0.15, -0.1) is 0 Å². The molecule has 0 fully saturated rings. The molecule has 10 nitrogen and oxygen atoms in total. The third-order valence-electron chi connectivity index (χ3n) is 2.67. The summed E-state index contributed by atoms with van der Waals surface area (Å²) in [7, 11) is 0. The van der Waals surface area contributed by atoms with Gasteiger partial charge >= 0.3 is 11.9 Å². The topological polar surface area (TPSA) is 174 Å². The highest BCUT2D eigenvalue weighted by atomic mass is 16.6. The second kappa shape index (κ2) is 10.3. The Morgan fingerprint density at radius 3 is 2.00 bits per heavy atom. The number of ether oxygens (including phenoxy) is 2. The van der Waals surface area contributed by atoms with Crippen molar-refractivity contribution < 1.29 is 49.7 Å². The van der Waals surface area contributed by atoms with Crippen molar-refractivity contribution in [2.75, 3.05) is 19.8 Å². The van der Waals surface area contributed by atoms with Crippen LogP contribution in [-0.2, 0) is 19.1 Å². The summed E-state index contributed by atoms with van der Waals surface area (Å²) in [5.74, 6) is -2.13. The van der Waals surface area contributed by atoms with Crippen molar-refractivity contribution in [2.24, 2.45) is 0 Å². The van der Waals surface area contributed by atoms with E-state index in [4.69, 9.17) is 10.2 Å². The lowest BCUT2D eigenvalue weighted by atomic mass is 10.0. The van der Waals surface area contributed by atoms with Crippen LogP contribution in [-0.4, -0.2) is 92.9 Å². The SMILES string of the molecule is C=C(C)C(=O)OCC(O)COC(=O)C(O)C(O)C(O)C(O)CO. The van der Waals surface area contributed by atoms with Gasteiger partial charge in [0.1, 0.15) is 37.6 Å². The fourth-order valence-corrected chi connectivity index (χ4v) is 1.27. The minimum Gasteiger partial charge on any atom is -0.461 e. The van der Waals surface area contributed by atoms with E-state index in [0.29, 0.717) is 0 Å². The lowest BCUT2D eigenvalue weighted by molar-refractivity contribution is -0.173. The Labute approximate surface area is 132 Å². The maximum absolute atomic E-state index is 11.4. The molecule has 0 saturated heterocycles. The van der Waals surface area contributed by atoms with Gasteiger partial charge in [0.2, 0.25) is 0 Å². The van der Waals surface area contributed by atoms with Crippen molar-refractivity contribution in [1.29, 1.82) is 0 Å². The highest BCUT2D eigenvalue weighted by Gasteiger charge is 2.35.